The maximum absolute atomic E-state index is 12.7. The number of amides is 1. The van der Waals surface area contributed by atoms with E-state index in [1.807, 2.05) is 62.3 Å². The first kappa shape index (κ1) is 28.9. The molecule has 0 aliphatic carbocycles. The zero-order valence-electron chi connectivity index (χ0n) is 24.5. The molecule has 3 aromatic rings. The van der Waals surface area contributed by atoms with E-state index in [4.69, 9.17) is 24.2 Å². The van der Waals surface area contributed by atoms with Crippen LogP contribution in [0.1, 0.15) is 41.0 Å². The number of aromatic nitrogens is 5. The molecule has 3 aromatic heterocycles. The van der Waals surface area contributed by atoms with Crippen molar-refractivity contribution >= 4 is 36.8 Å². The fourth-order valence-electron chi connectivity index (χ4n) is 4.36. The molecule has 0 saturated carbocycles. The molecule has 0 bridgehead atoms. The van der Waals surface area contributed by atoms with Gasteiger partial charge in [0.05, 0.1) is 23.8 Å². The number of carbonyl (C=O) groups excluding carboxylic acids is 1. The Morgan fingerprint density at radius 3 is 2.67 bits per heavy atom. The standard InChI is InChI=1S/C27H43N7O4Si/c1-9-33-16-20(15-28-33)29-25-30-23-22(10-11-32(23)18-36-12-13-39(6,7)8)24(31-25)37-21-14-19(2)34(17-21)26(35)38-27(3,4)5/h10-11,15-16,19,21H,9,12-14,17-18H2,1-8H3,(H,29,30,31)/t19-,21+/m0/s1. The van der Waals surface area contributed by atoms with Gasteiger partial charge in [-0.05, 0) is 46.7 Å². The van der Waals surface area contributed by atoms with E-state index in [0.717, 1.165) is 23.7 Å². The van der Waals surface area contributed by atoms with Gasteiger partial charge >= 0.3 is 6.09 Å². The molecule has 1 aliphatic heterocycles. The molecule has 0 unspecified atom stereocenters. The zero-order valence-corrected chi connectivity index (χ0v) is 25.5. The number of likely N-dealkylation sites (tertiary alicyclic amines) is 1. The summed E-state index contributed by atoms with van der Waals surface area (Å²) >= 11 is 0. The van der Waals surface area contributed by atoms with E-state index < -0.39 is 13.7 Å². The van der Waals surface area contributed by atoms with Gasteiger partial charge in [0.2, 0.25) is 11.8 Å². The molecule has 1 aliphatic rings. The summed E-state index contributed by atoms with van der Waals surface area (Å²) in [4.78, 5) is 24.0. The van der Waals surface area contributed by atoms with Crippen molar-refractivity contribution in [2.45, 2.75) is 97.7 Å². The van der Waals surface area contributed by atoms with Crippen molar-refractivity contribution in [1.82, 2.24) is 29.2 Å². The lowest BCUT2D eigenvalue weighted by molar-refractivity contribution is 0.0223. The fourth-order valence-corrected chi connectivity index (χ4v) is 5.12. The number of hydrogen-bond acceptors (Lipinski definition) is 8. The monoisotopic (exact) mass is 557 g/mol. The van der Waals surface area contributed by atoms with Gasteiger partial charge in [0.1, 0.15) is 18.4 Å². The number of rotatable bonds is 10. The van der Waals surface area contributed by atoms with Crippen LogP contribution >= 0.6 is 0 Å². The van der Waals surface area contributed by atoms with Crippen LogP contribution < -0.4 is 10.1 Å². The number of aryl methyl sites for hydroxylation is 1. The molecule has 1 amide bonds. The molecule has 1 N–H and O–H groups in total. The van der Waals surface area contributed by atoms with Crippen LogP contribution in [-0.2, 0) is 22.7 Å². The molecule has 214 valence electrons. The van der Waals surface area contributed by atoms with Gasteiger partial charge in [-0.15, -0.1) is 0 Å². The fraction of sp³-hybridized carbons (Fsp3) is 0.630. The molecule has 12 heteroatoms. The van der Waals surface area contributed by atoms with E-state index in [2.05, 4.69) is 30.1 Å². The average molecular weight is 558 g/mol. The second-order valence-corrected chi connectivity index (χ2v) is 18.0. The van der Waals surface area contributed by atoms with Crippen molar-refractivity contribution in [3.8, 4) is 5.88 Å². The Kier molecular flexibility index (Phi) is 8.55. The van der Waals surface area contributed by atoms with Gasteiger partial charge in [0.15, 0.2) is 5.65 Å². The Labute approximate surface area is 231 Å². The average Bonchev–Trinajstić information content (AvgIpc) is 3.54. The third kappa shape index (κ3) is 7.72. The summed E-state index contributed by atoms with van der Waals surface area (Å²) in [6.07, 6.45) is 5.72. The Morgan fingerprint density at radius 2 is 2.00 bits per heavy atom. The molecular formula is C27H43N7O4Si. The molecule has 39 heavy (non-hydrogen) atoms. The van der Waals surface area contributed by atoms with Crippen LogP contribution in [0, 0.1) is 0 Å². The first-order chi connectivity index (χ1) is 18.3. The van der Waals surface area contributed by atoms with Crippen LogP contribution in [0.15, 0.2) is 24.7 Å². The highest BCUT2D eigenvalue weighted by molar-refractivity contribution is 6.76. The number of hydrogen-bond donors (Lipinski definition) is 1. The Hall–Kier alpha value is -3.12. The Bertz CT molecular complexity index is 1280. The third-order valence-electron chi connectivity index (χ3n) is 6.47. The number of fused-ring (bicyclic) bond motifs is 1. The highest BCUT2D eigenvalue weighted by Gasteiger charge is 2.37. The molecule has 0 radical (unpaired) electrons. The van der Waals surface area contributed by atoms with E-state index in [1.54, 1.807) is 11.1 Å². The predicted octanol–water partition coefficient (Wildman–Crippen LogP) is 5.48. The largest absolute Gasteiger partial charge is 0.472 e. The predicted molar refractivity (Wildman–Crippen MR) is 154 cm³/mol. The van der Waals surface area contributed by atoms with Gasteiger partial charge < -0.3 is 29.0 Å². The third-order valence-corrected chi connectivity index (χ3v) is 8.17. The van der Waals surface area contributed by atoms with Gasteiger partial charge in [0.25, 0.3) is 0 Å². The summed E-state index contributed by atoms with van der Waals surface area (Å²) in [5.74, 6) is 0.875. The van der Waals surface area contributed by atoms with Crippen LogP contribution in [0.4, 0.5) is 16.4 Å². The zero-order chi connectivity index (χ0) is 28.4. The molecular weight excluding hydrogens is 514 g/mol. The van der Waals surface area contributed by atoms with Crippen LogP contribution in [0.3, 0.4) is 0 Å². The minimum Gasteiger partial charge on any atom is -0.472 e. The first-order valence-corrected chi connectivity index (χ1v) is 17.4. The van der Waals surface area contributed by atoms with Crippen molar-refractivity contribution in [3.63, 3.8) is 0 Å². The number of nitrogens with one attached hydrogen (secondary N) is 1. The van der Waals surface area contributed by atoms with Gasteiger partial charge in [-0.1, -0.05) is 19.6 Å². The summed E-state index contributed by atoms with van der Waals surface area (Å²) in [5.41, 5.74) is 0.950. The Morgan fingerprint density at radius 1 is 1.23 bits per heavy atom. The molecule has 1 saturated heterocycles. The van der Waals surface area contributed by atoms with Gasteiger partial charge in [-0.2, -0.15) is 15.1 Å². The van der Waals surface area contributed by atoms with Crippen molar-refractivity contribution in [1.29, 1.82) is 0 Å². The second kappa shape index (κ2) is 11.5. The molecule has 4 heterocycles. The molecule has 2 atom stereocenters. The summed E-state index contributed by atoms with van der Waals surface area (Å²) in [7, 11) is -1.18. The van der Waals surface area contributed by atoms with Crippen molar-refractivity contribution in [2.75, 3.05) is 18.5 Å². The summed E-state index contributed by atoms with van der Waals surface area (Å²) in [6.45, 7) is 19.0. The minimum atomic E-state index is -1.18. The number of ether oxygens (including phenoxy) is 3. The summed E-state index contributed by atoms with van der Waals surface area (Å²) in [5, 5.41) is 8.39. The molecule has 0 spiro atoms. The normalized spacial score (nSPS) is 18.1. The van der Waals surface area contributed by atoms with E-state index in [0.29, 0.717) is 43.8 Å². The second-order valence-electron chi connectivity index (χ2n) is 12.4. The van der Waals surface area contributed by atoms with Crippen LogP contribution in [0.25, 0.3) is 11.0 Å². The first-order valence-electron chi connectivity index (χ1n) is 13.7. The molecule has 4 rings (SSSR count). The molecule has 0 aromatic carbocycles. The Balaban J connectivity index is 1.56. The van der Waals surface area contributed by atoms with Crippen LogP contribution in [0.2, 0.25) is 25.7 Å². The van der Waals surface area contributed by atoms with E-state index in [-0.39, 0.29) is 18.2 Å². The summed E-state index contributed by atoms with van der Waals surface area (Å²) in [6, 6.07) is 3.04. The SMILES string of the molecule is CCn1cc(Nc2nc(O[C@@H]3C[C@H](C)N(C(=O)OC(C)(C)C)C3)c3ccn(COCC[Si](C)(C)C)c3n2)cn1. The van der Waals surface area contributed by atoms with Crippen LogP contribution in [-0.4, -0.2) is 74.3 Å². The van der Waals surface area contributed by atoms with E-state index in [1.165, 1.54) is 0 Å². The number of anilines is 2. The number of nitrogens with zero attached hydrogens (tertiary/aromatic N) is 6. The lowest BCUT2D eigenvalue weighted by atomic mass is 10.2. The van der Waals surface area contributed by atoms with E-state index in [9.17, 15) is 4.79 Å². The molecule has 11 nitrogen and oxygen atoms in total. The summed E-state index contributed by atoms with van der Waals surface area (Å²) < 4.78 is 21.9. The smallest absolute Gasteiger partial charge is 0.410 e. The van der Waals surface area contributed by atoms with E-state index >= 15 is 0 Å². The van der Waals surface area contributed by atoms with Gasteiger partial charge in [-0.3, -0.25) is 4.68 Å². The lowest BCUT2D eigenvalue weighted by Crippen LogP contribution is -2.39. The van der Waals surface area contributed by atoms with Crippen molar-refractivity contribution in [2.24, 2.45) is 0 Å². The topological polar surface area (TPSA) is 109 Å². The quantitative estimate of drug-likeness (QED) is 0.258. The van der Waals surface area contributed by atoms with Gasteiger partial charge in [0, 0.05) is 46.1 Å². The van der Waals surface area contributed by atoms with Crippen LogP contribution in [0.5, 0.6) is 5.88 Å². The molecule has 1 fully saturated rings. The maximum atomic E-state index is 12.7. The minimum absolute atomic E-state index is 0.0102. The highest BCUT2D eigenvalue weighted by atomic mass is 28.3. The maximum Gasteiger partial charge on any atom is 0.410 e. The number of carbonyl (C=O) groups is 1. The highest BCUT2D eigenvalue weighted by Crippen LogP contribution is 2.30. The van der Waals surface area contributed by atoms with Crippen molar-refractivity contribution < 1.29 is 19.0 Å². The van der Waals surface area contributed by atoms with Crippen molar-refractivity contribution in [3.05, 3.63) is 24.7 Å². The van der Waals surface area contributed by atoms with Gasteiger partial charge in [-0.25, -0.2) is 4.79 Å². The lowest BCUT2D eigenvalue weighted by Gasteiger charge is -2.26.